The summed E-state index contributed by atoms with van der Waals surface area (Å²) < 4.78 is 12.6. The summed E-state index contributed by atoms with van der Waals surface area (Å²) in [4.78, 5) is 12.1. The summed E-state index contributed by atoms with van der Waals surface area (Å²) in [5.74, 6) is 1.19. The molecule has 11 aromatic carbocycles. The zero-order valence-electron chi connectivity index (χ0n) is 33.9. The Morgan fingerprint density at radius 2 is 0.683 bits per heavy atom. The first-order valence-corrected chi connectivity index (χ1v) is 21.2. The van der Waals surface area contributed by atoms with E-state index < -0.39 is 0 Å². The number of oxazole rings is 2. The second-order valence-electron chi connectivity index (χ2n) is 16.3. The molecule has 2 heterocycles. The first-order chi connectivity index (χ1) is 31.1. The van der Waals surface area contributed by atoms with Crippen molar-refractivity contribution in [2.75, 3.05) is 4.90 Å². The van der Waals surface area contributed by atoms with Gasteiger partial charge in [0.25, 0.3) is 0 Å². The SMILES string of the molecule is c1ccc2cc3oc(-c4ccc(N(c5ccc(-c6nc7cc8ccccc8cc7o6)cc5)c5ccc6cc(-c7ccc8ccc9ccccc9c8c7)ccc6c5)cc4)nc3cc2c1. The van der Waals surface area contributed by atoms with Crippen molar-refractivity contribution in [3.8, 4) is 34.0 Å². The fourth-order valence-electron chi connectivity index (χ4n) is 9.16. The van der Waals surface area contributed by atoms with Crippen molar-refractivity contribution in [2.45, 2.75) is 0 Å². The maximum absolute atomic E-state index is 6.32. The normalized spacial score (nSPS) is 11.8. The quantitative estimate of drug-likeness (QED) is 0.157. The first-order valence-electron chi connectivity index (χ1n) is 21.2. The number of rotatable bonds is 6. The van der Waals surface area contributed by atoms with Crippen LogP contribution in [-0.2, 0) is 0 Å². The number of hydrogen-bond acceptors (Lipinski definition) is 5. The molecule has 0 aliphatic heterocycles. The molecule has 0 aliphatic rings. The lowest BCUT2D eigenvalue weighted by Gasteiger charge is -2.26. The summed E-state index contributed by atoms with van der Waals surface area (Å²) in [6, 6.07) is 75.1. The van der Waals surface area contributed by atoms with Gasteiger partial charge < -0.3 is 13.7 Å². The molecule has 5 nitrogen and oxygen atoms in total. The maximum Gasteiger partial charge on any atom is 0.227 e. The minimum atomic E-state index is 0.593. The van der Waals surface area contributed by atoms with E-state index in [1.54, 1.807) is 0 Å². The van der Waals surface area contributed by atoms with E-state index in [1.165, 1.54) is 38.1 Å². The number of nitrogens with zero attached hydrogens (tertiary/aromatic N) is 3. The molecule has 0 saturated heterocycles. The second-order valence-corrected chi connectivity index (χ2v) is 16.3. The Labute approximate surface area is 361 Å². The van der Waals surface area contributed by atoms with Crippen molar-refractivity contribution >= 4 is 93.1 Å². The van der Waals surface area contributed by atoms with Crippen molar-refractivity contribution in [1.29, 1.82) is 0 Å². The maximum atomic E-state index is 6.32. The molecule has 13 rings (SSSR count). The van der Waals surface area contributed by atoms with Crippen LogP contribution < -0.4 is 4.90 Å². The number of aromatic nitrogens is 2. The van der Waals surface area contributed by atoms with Gasteiger partial charge in [-0.3, -0.25) is 0 Å². The highest BCUT2D eigenvalue weighted by Crippen LogP contribution is 2.40. The summed E-state index contributed by atoms with van der Waals surface area (Å²) in [6.45, 7) is 0. The standard InChI is InChI=1S/C58H35N3O2/c1-3-10-42-34-55-53(32-40(42)8-1)59-57(62-55)38-19-24-48(25-20-38)61(49-26-21-39(22-27-49)58-60-54-33-41-9-2-4-11-43(41)35-56(54)63-58)50-28-23-45-29-44(17-18-46(45)30-50)47-16-15-37-14-13-36-7-5-6-12-51(36)52(37)31-47/h1-35H. The van der Waals surface area contributed by atoms with Gasteiger partial charge >= 0.3 is 0 Å². The molecular weight excluding hydrogens is 771 g/mol. The third-order valence-corrected chi connectivity index (χ3v) is 12.4. The predicted octanol–water partition coefficient (Wildman–Crippen LogP) is 16.2. The third-order valence-electron chi connectivity index (χ3n) is 12.4. The van der Waals surface area contributed by atoms with Gasteiger partial charge in [0, 0.05) is 28.2 Å². The monoisotopic (exact) mass is 805 g/mol. The Bertz CT molecular complexity index is 3660. The average molecular weight is 806 g/mol. The van der Waals surface area contributed by atoms with Crippen LogP contribution in [0.2, 0.25) is 0 Å². The van der Waals surface area contributed by atoms with Gasteiger partial charge in [0.2, 0.25) is 11.8 Å². The summed E-state index contributed by atoms with van der Waals surface area (Å²) in [7, 11) is 0. The Morgan fingerprint density at radius 3 is 1.27 bits per heavy atom. The smallest absolute Gasteiger partial charge is 0.227 e. The molecule has 0 unspecified atom stereocenters. The lowest BCUT2D eigenvalue weighted by atomic mass is 9.96. The molecule has 0 fully saturated rings. The van der Waals surface area contributed by atoms with Crippen molar-refractivity contribution in [3.63, 3.8) is 0 Å². The number of benzene rings is 11. The molecule has 0 radical (unpaired) electrons. The van der Waals surface area contributed by atoms with Gasteiger partial charge in [-0.15, -0.1) is 0 Å². The highest BCUT2D eigenvalue weighted by molar-refractivity contribution is 6.09. The Hall–Kier alpha value is -8.54. The molecule has 0 saturated carbocycles. The molecule has 2 aromatic heterocycles. The zero-order valence-corrected chi connectivity index (χ0v) is 33.9. The van der Waals surface area contributed by atoms with Crippen LogP contribution in [0, 0.1) is 0 Å². The molecule has 63 heavy (non-hydrogen) atoms. The molecule has 0 atom stereocenters. The lowest BCUT2D eigenvalue weighted by Crippen LogP contribution is -2.09. The molecule has 0 amide bonds. The van der Waals surface area contributed by atoms with E-state index in [4.69, 9.17) is 18.8 Å². The fraction of sp³-hybridized carbons (Fsp3) is 0. The summed E-state index contributed by atoms with van der Waals surface area (Å²) >= 11 is 0. The van der Waals surface area contributed by atoms with Crippen LogP contribution in [0.4, 0.5) is 17.1 Å². The van der Waals surface area contributed by atoms with Crippen LogP contribution in [-0.4, -0.2) is 9.97 Å². The van der Waals surface area contributed by atoms with E-state index in [0.29, 0.717) is 11.8 Å². The predicted molar refractivity (Wildman–Crippen MR) is 260 cm³/mol. The van der Waals surface area contributed by atoms with Crippen LogP contribution in [0.1, 0.15) is 0 Å². The van der Waals surface area contributed by atoms with E-state index in [2.05, 4.69) is 193 Å². The molecule has 0 N–H and O–H groups in total. The second kappa shape index (κ2) is 14.0. The number of fused-ring (bicyclic) bond motifs is 8. The van der Waals surface area contributed by atoms with Crippen LogP contribution in [0.25, 0.3) is 110 Å². The van der Waals surface area contributed by atoms with Gasteiger partial charge in [-0.1, -0.05) is 115 Å². The van der Waals surface area contributed by atoms with Crippen molar-refractivity contribution in [1.82, 2.24) is 9.97 Å². The van der Waals surface area contributed by atoms with Gasteiger partial charge in [-0.25, -0.2) is 9.97 Å². The van der Waals surface area contributed by atoms with E-state index in [0.717, 1.165) is 77.3 Å². The van der Waals surface area contributed by atoms with Crippen LogP contribution >= 0.6 is 0 Å². The highest BCUT2D eigenvalue weighted by atomic mass is 16.4. The first kappa shape index (κ1) is 35.2. The molecule has 13 aromatic rings. The van der Waals surface area contributed by atoms with E-state index in [1.807, 2.05) is 24.3 Å². The minimum Gasteiger partial charge on any atom is -0.436 e. The van der Waals surface area contributed by atoms with Crippen LogP contribution in [0.5, 0.6) is 0 Å². The summed E-state index contributed by atoms with van der Waals surface area (Å²) in [5.41, 5.74) is 10.5. The lowest BCUT2D eigenvalue weighted by molar-refractivity contribution is 0.620. The Balaban J connectivity index is 0.880. The van der Waals surface area contributed by atoms with E-state index >= 15 is 0 Å². The van der Waals surface area contributed by atoms with Crippen LogP contribution in [0.15, 0.2) is 221 Å². The molecule has 0 aliphatic carbocycles. The van der Waals surface area contributed by atoms with Crippen molar-refractivity contribution < 1.29 is 8.83 Å². The summed E-state index contributed by atoms with van der Waals surface area (Å²) in [6.07, 6.45) is 0. The fourth-order valence-corrected chi connectivity index (χ4v) is 9.16. The molecule has 0 bridgehead atoms. The van der Waals surface area contributed by atoms with Crippen molar-refractivity contribution in [3.05, 3.63) is 212 Å². The van der Waals surface area contributed by atoms with Gasteiger partial charge in [-0.2, -0.15) is 0 Å². The third kappa shape index (κ3) is 6.09. The minimum absolute atomic E-state index is 0.593. The van der Waals surface area contributed by atoms with Crippen molar-refractivity contribution in [2.24, 2.45) is 0 Å². The van der Waals surface area contributed by atoms with Gasteiger partial charge in [0.1, 0.15) is 11.0 Å². The van der Waals surface area contributed by atoms with E-state index in [9.17, 15) is 0 Å². The van der Waals surface area contributed by atoms with Gasteiger partial charge in [0.15, 0.2) is 11.2 Å². The van der Waals surface area contributed by atoms with Crippen LogP contribution in [0.3, 0.4) is 0 Å². The van der Waals surface area contributed by atoms with Gasteiger partial charge in [-0.05, 0) is 162 Å². The molecular formula is C58H35N3O2. The molecule has 5 heteroatoms. The number of hydrogen-bond donors (Lipinski definition) is 0. The number of anilines is 3. The van der Waals surface area contributed by atoms with Gasteiger partial charge in [0.05, 0.1) is 0 Å². The van der Waals surface area contributed by atoms with E-state index in [-0.39, 0.29) is 0 Å². The zero-order chi connectivity index (χ0) is 41.4. The summed E-state index contributed by atoms with van der Waals surface area (Å²) in [5, 5.41) is 11.9. The highest BCUT2D eigenvalue weighted by Gasteiger charge is 2.17. The topological polar surface area (TPSA) is 55.3 Å². The molecule has 0 spiro atoms. The Morgan fingerprint density at radius 1 is 0.286 bits per heavy atom. The molecule has 294 valence electrons. The largest absolute Gasteiger partial charge is 0.436 e. The Kier molecular flexibility index (Phi) is 7.84. The average Bonchev–Trinajstić information content (AvgIpc) is 3.96.